The molecule has 0 saturated heterocycles. The Kier molecular flexibility index (Phi) is 7.89. The van der Waals surface area contributed by atoms with Gasteiger partial charge < -0.3 is 19.9 Å². The number of nitriles is 1. The average molecular weight is 543 g/mol. The molecule has 0 unspecified atom stereocenters. The van der Waals surface area contributed by atoms with Crippen molar-refractivity contribution in [2.24, 2.45) is 0 Å². The molecule has 0 fully saturated rings. The highest BCUT2D eigenvalue weighted by atomic mass is 79.9. The van der Waals surface area contributed by atoms with Crippen molar-refractivity contribution in [3.05, 3.63) is 100 Å². The molecule has 0 saturated carbocycles. The minimum Gasteiger partial charge on any atom is -0.508 e. The molecule has 0 aliphatic rings. The molecule has 0 aliphatic carbocycles. The molecule has 2 N–H and O–H groups in total. The maximum absolute atomic E-state index is 12.6. The third-order valence-electron chi connectivity index (χ3n) is 5.38. The van der Waals surface area contributed by atoms with Crippen molar-refractivity contribution in [2.75, 3.05) is 11.9 Å². The summed E-state index contributed by atoms with van der Waals surface area (Å²) in [6.45, 7) is 2.63. The number of carbonyl (C=O) groups is 1. The highest BCUT2D eigenvalue weighted by molar-refractivity contribution is 9.10. The SMILES string of the molecule is CCOc1cc(C=C(C#N)C(=O)Nc2ccc(O)cc2)cc(Br)c1OCc1cccc2ccccc12. The summed E-state index contributed by atoms with van der Waals surface area (Å²) in [5.74, 6) is 0.553. The van der Waals surface area contributed by atoms with Crippen LogP contribution in [0, 0.1) is 11.3 Å². The number of phenolic OH excluding ortho intramolecular Hbond substituents is 1. The van der Waals surface area contributed by atoms with Crippen molar-refractivity contribution in [1.29, 1.82) is 5.26 Å². The standard InChI is InChI=1S/C29H23BrN2O4/c1-2-35-27-16-19(14-22(17-31)29(34)32-23-10-12-24(33)13-11-23)15-26(30)28(27)36-18-21-8-5-7-20-6-3-4-9-25(20)21/h3-16,33H,2,18H2,1H3,(H,32,34). The number of hydrogen-bond donors (Lipinski definition) is 2. The molecule has 0 radical (unpaired) electrons. The third-order valence-corrected chi connectivity index (χ3v) is 5.97. The van der Waals surface area contributed by atoms with Gasteiger partial charge in [0.05, 0.1) is 11.1 Å². The number of anilines is 1. The van der Waals surface area contributed by atoms with Crippen LogP contribution in [-0.2, 0) is 11.4 Å². The van der Waals surface area contributed by atoms with Gasteiger partial charge in [0.15, 0.2) is 11.5 Å². The maximum atomic E-state index is 12.6. The molecule has 7 heteroatoms. The average Bonchev–Trinajstić information content (AvgIpc) is 2.88. The molecule has 180 valence electrons. The van der Waals surface area contributed by atoms with Crippen molar-refractivity contribution in [3.8, 4) is 23.3 Å². The van der Waals surface area contributed by atoms with Crippen LogP contribution in [0.2, 0.25) is 0 Å². The van der Waals surface area contributed by atoms with Crippen LogP contribution in [0.5, 0.6) is 17.2 Å². The van der Waals surface area contributed by atoms with Crippen molar-refractivity contribution < 1.29 is 19.4 Å². The molecule has 0 aliphatic heterocycles. The van der Waals surface area contributed by atoms with Crippen molar-refractivity contribution in [2.45, 2.75) is 13.5 Å². The first-order chi connectivity index (χ1) is 17.5. The number of fused-ring (bicyclic) bond motifs is 1. The third kappa shape index (κ3) is 5.85. The molecule has 0 atom stereocenters. The van der Waals surface area contributed by atoms with Gasteiger partial charge in [-0.3, -0.25) is 4.79 Å². The van der Waals surface area contributed by atoms with Crippen LogP contribution in [0.25, 0.3) is 16.8 Å². The fourth-order valence-corrected chi connectivity index (χ4v) is 4.28. The molecule has 0 heterocycles. The van der Waals surface area contributed by atoms with Gasteiger partial charge in [-0.2, -0.15) is 5.26 Å². The van der Waals surface area contributed by atoms with Crippen LogP contribution >= 0.6 is 15.9 Å². The lowest BCUT2D eigenvalue weighted by atomic mass is 10.1. The first kappa shape index (κ1) is 24.8. The molecular weight excluding hydrogens is 520 g/mol. The second kappa shape index (κ2) is 11.4. The van der Waals surface area contributed by atoms with E-state index in [0.717, 1.165) is 16.3 Å². The van der Waals surface area contributed by atoms with Crippen molar-refractivity contribution >= 4 is 44.4 Å². The molecule has 4 aromatic carbocycles. The van der Waals surface area contributed by atoms with E-state index in [1.807, 2.05) is 37.3 Å². The maximum Gasteiger partial charge on any atom is 0.266 e. The van der Waals surface area contributed by atoms with Gasteiger partial charge in [0, 0.05) is 5.69 Å². The number of phenols is 1. The number of halogens is 1. The van der Waals surface area contributed by atoms with E-state index in [9.17, 15) is 15.2 Å². The molecule has 0 bridgehead atoms. The number of benzene rings is 4. The normalized spacial score (nSPS) is 11.1. The van der Waals surface area contributed by atoms with E-state index in [0.29, 0.717) is 40.4 Å². The fourth-order valence-electron chi connectivity index (χ4n) is 3.70. The number of rotatable bonds is 8. The Hall–Kier alpha value is -4.28. The van der Waals surface area contributed by atoms with Gasteiger partial charge in [-0.15, -0.1) is 0 Å². The van der Waals surface area contributed by atoms with E-state index in [2.05, 4.69) is 39.4 Å². The van der Waals surface area contributed by atoms with Gasteiger partial charge in [-0.05, 0) is 87.2 Å². The Labute approximate surface area is 217 Å². The van der Waals surface area contributed by atoms with Crippen LogP contribution in [-0.4, -0.2) is 17.6 Å². The van der Waals surface area contributed by atoms with E-state index in [1.54, 1.807) is 24.3 Å². The zero-order chi connectivity index (χ0) is 25.5. The number of amides is 1. The molecule has 1 amide bonds. The van der Waals surface area contributed by atoms with Crippen LogP contribution in [0.3, 0.4) is 0 Å². The van der Waals surface area contributed by atoms with Gasteiger partial charge >= 0.3 is 0 Å². The van der Waals surface area contributed by atoms with Gasteiger partial charge in [-0.1, -0.05) is 42.5 Å². The zero-order valence-electron chi connectivity index (χ0n) is 19.5. The van der Waals surface area contributed by atoms with E-state index in [4.69, 9.17) is 9.47 Å². The largest absolute Gasteiger partial charge is 0.508 e. The predicted octanol–water partition coefficient (Wildman–Crippen LogP) is 6.83. The second-order valence-electron chi connectivity index (χ2n) is 7.86. The summed E-state index contributed by atoms with van der Waals surface area (Å²) in [4.78, 5) is 12.6. The summed E-state index contributed by atoms with van der Waals surface area (Å²) < 4.78 is 12.6. The summed E-state index contributed by atoms with van der Waals surface area (Å²) in [6.07, 6.45) is 1.48. The Morgan fingerprint density at radius 1 is 1.06 bits per heavy atom. The Morgan fingerprint density at radius 3 is 2.56 bits per heavy atom. The zero-order valence-corrected chi connectivity index (χ0v) is 21.1. The molecule has 4 rings (SSSR count). The van der Waals surface area contributed by atoms with E-state index in [1.165, 1.54) is 18.2 Å². The lowest BCUT2D eigenvalue weighted by molar-refractivity contribution is -0.112. The predicted molar refractivity (Wildman–Crippen MR) is 144 cm³/mol. The van der Waals surface area contributed by atoms with E-state index >= 15 is 0 Å². The van der Waals surface area contributed by atoms with Crippen LogP contribution in [0.15, 0.2) is 88.9 Å². The van der Waals surface area contributed by atoms with Gasteiger partial charge in [0.2, 0.25) is 0 Å². The summed E-state index contributed by atoms with van der Waals surface area (Å²) in [6, 6.07) is 25.7. The van der Waals surface area contributed by atoms with E-state index < -0.39 is 5.91 Å². The number of nitrogens with one attached hydrogen (secondary N) is 1. The number of aromatic hydroxyl groups is 1. The quantitative estimate of drug-likeness (QED) is 0.144. The summed E-state index contributed by atoms with van der Waals surface area (Å²) in [7, 11) is 0. The summed E-state index contributed by atoms with van der Waals surface area (Å²) >= 11 is 3.56. The first-order valence-electron chi connectivity index (χ1n) is 11.3. The highest BCUT2D eigenvalue weighted by Gasteiger charge is 2.15. The Balaban J connectivity index is 1.59. The molecule has 4 aromatic rings. The molecule has 36 heavy (non-hydrogen) atoms. The summed E-state index contributed by atoms with van der Waals surface area (Å²) in [5.41, 5.74) is 2.03. The van der Waals surface area contributed by atoms with E-state index in [-0.39, 0.29) is 11.3 Å². The van der Waals surface area contributed by atoms with Gasteiger partial charge in [-0.25, -0.2) is 0 Å². The van der Waals surface area contributed by atoms with Gasteiger partial charge in [0.25, 0.3) is 5.91 Å². The topological polar surface area (TPSA) is 91.6 Å². The van der Waals surface area contributed by atoms with Crippen LogP contribution < -0.4 is 14.8 Å². The lowest BCUT2D eigenvalue weighted by Gasteiger charge is -2.16. The molecular formula is C29H23BrN2O4. The summed E-state index contributed by atoms with van der Waals surface area (Å²) in [5, 5.41) is 23.9. The minimum absolute atomic E-state index is 0.0816. The minimum atomic E-state index is -0.562. The highest BCUT2D eigenvalue weighted by Crippen LogP contribution is 2.38. The van der Waals surface area contributed by atoms with Gasteiger partial charge in [0.1, 0.15) is 24.0 Å². The van der Waals surface area contributed by atoms with Crippen molar-refractivity contribution in [1.82, 2.24) is 0 Å². The Bertz CT molecular complexity index is 1470. The first-order valence-corrected chi connectivity index (χ1v) is 12.1. The van der Waals surface area contributed by atoms with Crippen molar-refractivity contribution in [3.63, 3.8) is 0 Å². The lowest BCUT2D eigenvalue weighted by Crippen LogP contribution is -2.13. The van der Waals surface area contributed by atoms with Crippen LogP contribution in [0.1, 0.15) is 18.1 Å². The molecule has 0 aromatic heterocycles. The fraction of sp³-hybridized carbons (Fsp3) is 0.103. The smallest absolute Gasteiger partial charge is 0.266 e. The number of carbonyl (C=O) groups excluding carboxylic acids is 1. The number of ether oxygens (including phenoxy) is 2. The monoisotopic (exact) mass is 542 g/mol. The number of hydrogen-bond acceptors (Lipinski definition) is 5. The molecule has 6 nitrogen and oxygen atoms in total. The second-order valence-corrected chi connectivity index (χ2v) is 8.72. The van der Waals surface area contributed by atoms with Crippen LogP contribution in [0.4, 0.5) is 5.69 Å². The number of nitrogens with zero attached hydrogens (tertiary/aromatic N) is 1. The Morgan fingerprint density at radius 2 is 1.81 bits per heavy atom. The molecule has 0 spiro atoms.